The number of carboxylic acid groups (broad SMARTS) is 1. The summed E-state index contributed by atoms with van der Waals surface area (Å²) >= 11 is 0. The molecule has 0 aliphatic rings. The minimum atomic E-state index is -1.01. The first-order valence-corrected chi connectivity index (χ1v) is 9.32. The van der Waals surface area contributed by atoms with E-state index in [9.17, 15) is 14.7 Å². The average Bonchev–Trinajstić information content (AvgIpc) is 3.16. The van der Waals surface area contributed by atoms with E-state index >= 15 is 0 Å². The van der Waals surface area contributed by atoms with E-state index in [1.807, 2.05) is 18.3 Å². The zero-order valence-corrected chi connectivity index (χ0v) is 16.2. The maximum atomic E-state index is 12.5. The highest BCUT2D eigenvalue weighted by Crippen LogP contribution is 2.28. The van der Waals surface area contributed by atoms with Crippen LogP contribution in [0.15, 0.2) is 72.9 Å². The predicted octanol–water partition coefficient (Wildman–Crippen LogP) is 4.68. The highest BCUT2D eigenvalue weighted by Gasteiger charge is 2.14. The first-order valence-electron chi connectivity index (χ1n) is 9.32. The van der Waals surface area contributed by atoms with E-state index in [-0.39, 0.29) is 5.56 Å². The molecule has 4 aromatic rings. The fraction of sp³-hybridized carbons (Fsp3) is 0.0833. The number of benzene rings is 3. The van der Waals surface area contributed by atoms with Crippen molar-refractivity contribution in [3.05, 3.63) is 95.2 Å². The monoisotopic (exact) mass is 401 g/mol. The van der Waals surface area contributed by atoms with E-state index in [0.29, 0.717) is 23.5 Å². The summed E-state index contributed by atoms with van der Waals surface area (Å²) in [5.41, 5.74) is 3.31. The SMILES string of the molecule is COc1cc(C(=O)O)ccc1Cc1c[nH]c2ccc(C(=O)Oc3ccccc3)cc12. The zero-order valence-electron chi connectivity index (χ0n) is 16.2. The molecule has 30 heavy (non-hydrogen) atoms. The Bertz CT molecular complexity index is 1230. The van der Waals surface area contributed by atoms with Crippen LogP contribution in [0.1, 0.15) is 31.8 Å². The molecule has 0 bridgehead atoms. The Labute approximate surface area is 172 Å². The van der Waals surface area contributed by atoms with Crippen molar-refractivity contribution in [1.82, 2.24) is 4.98 Å². The van der Waals surface area contributed by atoms with E-state index < -0.39 is 11.9 Å². The summed E-state index contributed by atoms with van der Waals surface area (Å²) in [5, 5.41) is 10.1. The molecule has 4 rings (SSSR count). The second kappa shape index (κ2) is 8.13. The molecule has 2 N–H and O–H groups in total. The molecule has 150 valence electrons. The summed E-state index contributed by atoms with van der Waals surface area (Å²) in [4.78, 5) is 26.9. The smallest absolute Gasteiger partial charge is 0.343 e. The number of esters is 1. The Hall–Kier alpha value is -4.06. The van der Waals surface area contributed by atoms with Gasteiger partial charge in [-0.3, -0.25) is 0 Å². The minimum Gasteiger partial charge on any atom is -0.496 e. The molecule has 1 heterocycles. The molecule has 0 spiro atoms. The molecule has 0 radical (unpaired) electrons. The number of methoxy groups -OCH3 is 1. The van der Waals surface area contributed by atoms with Crippen LogP contribution in [0.2, 0.25) is 0 Å². The van der Waals surface area contributed by atoms with E-state index in [2.05, 4.69) is 4.98 Å². The number of carbonyl (C=O) groups is 2. The van der Waals surface area contributed by atoms with Crippen molar-refractivity contribution in [1.29, 1.82) is 0 Å². The van der Waals surface area contributed by atoms with Crippen molar-refractivity contribution in [2.45, 2.75) is 6.42 Å². The number of para-hydroxylation sites is 1. The molecular weight excluding hydrogens is 382 g/mol. The molecule has 0 aliphatic heterocycles. The number of aromatic nitrogens is 1. The van der Waals surface area contributed by atoms with Crippen LogP contribution in [0.4, 0.5) is 0 Å². The highest BCUT2D eigenvalue weighted by molar-refractivity contribution is 5.96. The topological polar surface area (TPSA) is 88.6 Å². The van der Waals surface area contributed by atoms with E-state index in [0.717, 1.165) is 22.0 Å². The molecule has 3 aromatic carbocycles. The lowest BCUT2D eigenvalue weighted by atomic mass is 10.0. The molecule has 0 aliphatic carbocycles. The quantitative estimate of drug-likeness (QED) is 0.362. The Morgan fingerprint density at radius 1 is 0.933 bits per heavy atom. The van der Waals surface area contributed by atoms with Crippen LogP contribution in [0.3, 0.4) is 0 Å². The lowest BCUT2D eigenvalue weighted by Crippen LogP contribution is -2.08. The first kappa shape index (κ1) is 19.3. The van der Waals surface area contributed by atoms with Crippen molar-refractivity contribution < 1.29 is 24.2 Å². The number of carbonyl (C=O) groups excluding carboxylic acids is 1. The van der Waals surface area contributed by atoms with Gasteiger partial charge in [-0.15, -0.1) is 0 Å². The number of nitrogens with one attached hydrogen (secondary N) is 1. The van der Waals surface area contributed by atoms with Gasteiger partial charge in [-0.25, -0.2) is 9.59 Å². The second-order valence-electron chi connectivity index (χ2n) is 6.79. The van der Waals surface area contributed by atoms with Crippen molar-refractivity contribution in [2.24, 2.45) is 0 Å². The molecule has 0 atom stereocenters. The van der Waals surface area contributed by atoms with Gasteiger partial charge in [0, 0.05) is 23.5 Å². The Balaban J connectivity index is 1.64. The molecule has 6 heteroatoms. The number of carboxylic acids is 1. The summed E-state index contributed by atoms with van der Waals surface area (Å²) in [5.74, 6) is -0.448. The van der Waals surface area contributed by atoms with Gasteiger partial charge in [0.15, 0.2) is 0 Å². The predicted molar refractivity (Wildman–Crippen MR) is 112 cm³/mol. The normalized spacial score (nSPS) is 10.7. The summed E-state index contributed by atoms with van der Waals surface area (Å²) in [6.07, 6.45) is 2.39. The first-order chi connectivity index (χ1) is 14.5. The van der Waals surface area contributed by atoms with Gasteiger partial charge in [0.2, 0.25) is 0 Å². The Morgan fingerprint density at radius 3 is 2.43 bits per heavy atom. The minimum absolute atomic E-state index is 0.167. The second-order valence-corrected chi connectivity index (χ2v) is 6.79. The van der Waals surface area contributed by atoms with Crippen LogP contribution in [-0.2, 0) is 6.42 Å². The Morgan fingerprint density at radius 2 is 1.70 bits per heavy atom. The van der Waals surface area contributed by atoms with Gasteiger partial charge in [-0.2, -0.15) is 0 Å². The molecule has 0 unspecified atom stereocenters. The molecule has 6 nitrogen and oxygen atoms in total. The number of hydrogen-bond donors (Lipinski definition) is 2. The van der Waals surface area contributed by atoms with E-state index in [1.165, 1.54) is 13.2 Å². The van der Waals surface area contributed by atoms with Crippen molar-refractivity contribution in [3.63, 3.8) is 0 Å². The van der Waals surface area contributed by atoms with Crippen molar-refractivity contribution in [2.75, 3.05) is 7.11 Å². The van der Waals surface area contributed by atoms with E-state index in [4.69, 9.17) is 9.47 Å². The lowest BCUT2D eigenvalue weighted by Gasteiger charge is -2.09. The van der Waals surface area contributed by atoms with Crippen molar-refractivity contribution >= 4 is 22.8 Å². The van der Waals surface area contributed by atoms with Gasteiger partial charge < -0.3 is 19.6 Å². The number of aromatic amines is 1. The fourth-order valence-corrected chi connectivity index (χ4v) is 3.33. The molecular formula is C24H19NO5. The van der Waals surface area contributed by atoms with Crippen LogP contribution < -0.4 is 9.47 Å². The van der Waals surface area contributed by atoms with E-state index in [1.54, 1.807) is 48.5 Å². The number of hydrogen-bond acceptors (Lipinski definition) is 4. The van der Waals surface area contributed by atoms with Crippen LogP contribution in [-0.4, -0.2) is 29.1 Å². The maximum absolute atomic E-state index is 12.5. The standard InChI is InChI=1S/C24H19NO5/c1-29-22-13-16(23(26)27)8-7-15(22)11-18-14-25-21-10-9-17(12-20(18)21)24(28)30-19-5-3-2-4-6-19/h2-10,12-14,25H,11H2,1H3,(H,26,27). The third-order valence-electron chi connectivity index (χ3n) is 4.87. The van der Waals surface area contributed by atoms with Gasteiger partial charge in [0.1, 0.15) is 11.5 Å². The lowest BCUT2D eigenvalue weighted by molar-refractivity contribution is 0.0694. The molecule has 0 amide bonds. The summed E-state index contributed by atoms with van der Waals surface area (Å²) in [7, 11) is 1.51. The molecule has 1 aromatic heterocycles. The zero-order chi connectivity index (χ0) is 21.1. The van der Waals surface area contributed by atoms with Gasteiger partial charge >= 0.3 is 11.9 Å². The number of rotatable bonds is 6. The van der Waals surface area contributed by atoms with Gasteiger partial charge in [-0.1, -0.05) is 24.3 Å². The highest BCUT2D eigenvalue weighted by atomic mass is 16.5. The van der Waals surface area contributed by atoms with Gasteiger partial charge in [-0.05, 0) is 53.6 Å². The van der Waals surface area contributed by atoms with Crippen LogP contribution in [0.25, 0.3) is 10.9 Å². The number of fused-ring (bicyclic) bond motifs is 1. The third-order valence-corrected chi connectivity index (χ3v) is 4.87. The number of ether oxygens (including phenoxy) is 2. The third kappa shape index (κ3) is 3.89. The number of H-pyrrole nitrogens is 1. The maximum Gasteiger partial charge on any atom is 0.343 e. The Kier molecular flexibility index (Phi) is 5.22. The summed E-state index contributed by atoms with van der Waals surface area (Å²) in [6.45, 7) is 0. The molecule has 0 saturated carbocycles. The van der Waals surface area contributed by atoms with Gasteiger partial charge in [0.25, 0.3) is 0 Å². The summed E-state index contributed by atoms with van der Waals surface area (Å²) in [6, 6.07) is 19.1. The molecule has 0 fully saturated rings. The van der Waals surface area contributed by atoms with Crippen molar-refractivity contribution in [3.8, 4) is 11.5 Å². The fourth-order valence-electron chi connectivity index (χ4n) is 3.33. The number of aromatic carboxylic acids is 1. The molecule has 0 saturated heterocycles. The average molecular weight is 401 g/mol. The van der Waals surface area contributed by atoms with Crippen LogP contribution in [0, 0.1) is 0 Å². The van der Waals surface area contributed by atoms with Crippen LogP contribution >= 0.6 is 0 Å². The largest absolute Gasteiger partial charge is 0.496 e. The summed E-state index contributed by atoms with van der Waals surface area (Å²) < 4.78 is 10.8. The van der Waals surface area contributed by atoms with Crippen LogP contribution in [0.5, 0.6) is 11.5 Å². The van der Waals surface area contributed by atoms with Gasteiger partial charge in [0.05, 0.1) is 18.2 Å².